The molecule has 0 bridgehead atoms. The van der Waals surface area contributed by atoms with Gasteiger partial charge in [0.2, 0.25) is 5.36 Å². The Morgan fingerprint density at radius 1 is 0.810 bits per heavy atom. The summed E-state index contributed by atoms with van der Waals surface area (Å²) in [6, 6.07) is 20.1. The monoisotopic (exact) mass is 775 g/mol. The van der Waals surface area contributed by atoms with Gasteiger partial charge in [-0.15, -0.1) is 0 Å². The van der Waals surface area contributed by atoms with Crippen molar-refractivity contribution in [2.24, 2.45) is 0 Å². The van der Waals surface area contributed by atoms with E-state index in [1.165, 1.54) is 33.3 Å². The van der Waals surface area contributed by atoms with Crippen LogP contribution in [0.25, 0.3) is 16.5 Å². The van der Waals surface area contributed by atoms with E-state index in [9.17, 15) is 14.4 Å². The highest BCUT2D eigenvalue weighted by atomic mass is 16.5. The molecule has 0 spiro atoms. The third-order valence-electron chi connectivity index (χ3n) is 13.1. The maximum absolute atomic E-state index is 14.3. The van der Waals surface area contributed by atoms with E-state index in [0.717, 1.165) is 130 Å². The molecule has 6 heterocycles. The predicted octanol–water partition coefficient (Wildman–Crippen LogP) is 6.47. The van der Waals surface area contributed by atoms with Gasteiger partial charge in [0.05, 0.1) is 5.56 Å². The summed E-state index contributed by atoms with van der Waals surface area (Å²) in [5.41, 5.74) is 11.3. The summed E-state index contributed by atoms with van der Waals surface area (Å²) in [4.78, 5) is 45.3. The number of amides is 1. The number of ketones is 1. The third-order valence-corrected chi connectivity index (χ3v) is 13.1. The summed E-state index contributed by atoms with van der Waals surface area (Å²) >= 11 is 0. The lowest BCUT2D eigenvalue weighted by molar-refractivity contribution is 0.0936. The van der Waals surface area contributed by atoms with E-state index in [-0.39, 0.29) is 30.2 Å². The van der Waals surface area contributed by atoms with Crippen molar-refractivity contribution in [3.8, 4) is 11.5 Å². The molecule has 0 atom stereocenters. The molecule has 0 radical (unpaired) electrons. The van der Waals surface area contributed by atoms with Gasteiger partial charge < -0.3 is 24.3 Å². The van der Waals surface area contributed by atoms with Crippen molar-refractivity contribution in [1.29, 1.82) is 0 Å². The first kappa shape index (κ1) is 36.6. The van der Waals surface area contributed by atoms with Crippen LogP contribution in [0.4, 0.5) is 11.4 Å². The van der Waals surface area contributed by atoms with Crippen LogP contribution >= 0.6 is 0 Å². The van der Waals surface area contributed by atoms with Gasteiger partial charge in [-0.3, -0.25) is 9.59 Å². The number of aryl methyl sites for hydroxylation is 2. The Morgan fingerprint density at radius 2 is 1.59 bits per heavy atom. The number of carbonyl (C=O) groups is 2. The van der Waals surface area contributed by atoms with Crippen molar-refractivity contribution in [2.45, 2.75) is 78.1 Å². The molecule has 4 aromatic carbocycles. The number of carbonyl (C=O) groups excluding carboxylic acids is 2. The van der Waals surface area contributed by atoms with E-state index >= 15 is 0 Å². The zero-order chi connectivity index (χ0) is 39.5. The lowest BCUT2D eigenvalue weighted by atomic mass is 9.81. The van der Waals surface area contributed by atoms with Crippen LogP contribution < -0.4 is 40.6 Å². The van der Waals surface area contributed by atoms with E-state index in [0.29, 0.717) is 23.0 Å². The van der Waals surface area contributed by atoms with Crippen LogP contribution in [0.15, 0.2) is 69.9 Å². The Hall–Kier alpha value is -5.70. The molecule has 0 saturated heterocycles. The van der Waals surface area contributed by atoms with Crippen LogP contribution in [-0.2, 0) is 25.7 Å². The molecule has 0 aliphatic carbocycles. The molecule has 58 heavy (non-hydrogen) atoms. The van der Waals surface area contributed by atoms with Crippen molar-refractivity contribution in [2.75, 3.05) is 55.6 Å². The SMILES string of the molecule is CCN(CC)c1ccc2cc(C(=O)CCCNC(=O)c3ccccc3C3=c4cc5c6c(c4Oc4c3cc3c7c4CCCN7CCC3)CCC[N+]=6CCC5)c(=O)oc2c1. The summed E-state index contributed by atoms with van der Waals surface area (Å²) in [5, 5.41) is 6.30. The average molecular weight is 776 g/mol. The highest BCUT2D eigenvalue weighted by molar-refractivity contribution is 6.03. The molecule has 1 amide bonds. The smallest absolute Gasteiger partial charge is 0.347 e. The van der Waals surface area contributed by atoms with Crippen molar-refractivity contribution in [3.63, 3.8) is 0 Å². The van der Waals surface area contributed by atoms with Crippen molar-refractivity contribution < 1.29 is 18.7 Å². The van der Waals surface area contributed by atoms with Crippen LogP contribution in [0.1, 0.15) is 106 Å². The molecule has 0 fully saturated rings. The van der Waals surface area contributed by atoms with Crippen LogP contribution in [0.5, 0.6) is 11.5 Å². The second-order valence-corrected chi connectivity index (χ2v) is 16.5. The van der Waals surface area contributed by atoms with Gasteiger partial charge in [-0.05, 0) is 106 Å². The Balaban J connectivity index is 0.974. The summed E-state index contributed by atoms with van der Waals surface area (Å²) in [6.45, 7) is 10.5. The summed E-state index contributed by atoms with van der Waals surface area (Å²) in [7, 11) is 0. The predicted molar refractivity (Wildman–Crippen MR) is 229 cm³/mol. The van der Waals surface area contributed by atoms with E-state index in [1.54, 1.807) is 6.07 Å². The topological polar surface area (TPSA) is 95.1 Å². The van der Waals surface area contributed by atoms with E-state index in [1.807, 2.05) is 36.4 Å². The number of nitrogens with zero attached hydrogens (tertiary/aromatic N) is 3. The number of Topliss-reactive ketones (excluding diaryl/α,β-unsaturated/α-hetero) is 1. The Kier molecular flexibility index (Phi) is 9.42. The number of rotatable bonds is 10. The number of benzene rings is 4. The summed E-state index contributed by atoms with van der Waals surface area (Å²) in [5.74, 6) is 1.46. The maximum Gasteiger partial charge on any atom is 0.347 e. The number of hydrogen-bond acceptors (Lipinski definition) is 7. The second kappa shape index (κ2) is 14.9. The minimum Gasteiger partial charge on any atom is -0.455 e. The number of anilines is 2. The number of nitrogens with one attached hydrogen (secondary N) is 1. The minimum atomic E-state index is -0.632. The van der Waals surface area contributed by atoms with Crippen molar-refractivity contribution in [1.82, 2.24) is 9.89 Å². The molecule has 0 saturated carbocycles. The van der Waals surface area contributed by atoms with E-state index in [2.05, 4.69) is 51.7 Å². The van der Waals surface area contributed by atoms with Gasteiger partial charge in [-0.2, -0.15) is 0 Å². The fourth-order valence-corrected chi connectivity index (χ4v) is 10.5. The number of hydrogen-bond donors (Lipinski definition) is 1. The minimum absolute atomic E-state index is 0.0432. The Bertz CT molecular complexity index is 2720. The van der Waals surface area contributed by atoms with E-state index in [4.69, 9.17) is 9.15 Å². The molecular weight excluding hydrogens is 725 g/mol. The van der Waals surface area contributed by atoms with Gasteiger partial charge in [0, 0.05) is 108 Å². The van der Waals surface area contributed by atoms with Crippen molar-refractivity contribution >= 4 is 39.6 Å². The molecule has 1 aromatic heterocycles. The van der Waals surface area contributed by atoms with Gasteiger partial charge in [0.1, 0.15) is 35.7 Å². The van der Waals surface area contributed by atoms with Crippen LogP contribution in [0.2, 0.25) is 0 Å². The fourth-order valence-electron chi connectivity index (χ4n) is 10.5. The number of fused-ring (bicyclic) bond motifs is 5. The lowest BCUT2D eigenvalue weighted by Gasteiger charge is -2.39. The second-order valence-electron chi connectivity index (χ2n) is 16.5. The fraction of sp³-hybridized carbons (Fsp3) is 0.388. The normalized spacial score (nSPS) is 16.2. The van der Waals surface area contributed by atoms with Gasteiger partial charge in [0.15, 0.2) is 5.78 Å². The van der Waals surface area contributed by atoms with Crippen LogP contribution in [0, 0.1) is 0 Å². The van der Waals surface area contributed by atoms with Crippen molar-refractivity contribution in [3.05, 3.63) is 126 Å². The van der Waals surface area contributed by atoms with Crippen LogP contribution in [-0.4, -0.2) is 57.5 Å². The quantitative estimate of drug-likeness (QED) is 0.0739. The molecule has 1 N–H and O–H groups in total. The Labute approximate surface area is 338 Å². The highest BCUT2D eigenvalue weighted by Gasteiger charge is 2.36. The van der Waals surface area contributed by atoms with Crippen LogP contribution in [0.3, 0.4) is 0 Å². The zero-order valence-corrected chi connectivity index (χ0v) is 33.7. The first-order valence-electron chi connectivity index (χ1n) is 21.6. The molecule has 9 heteroatoms. The van der Waals surface area contributed by atoms with Gasteiger partial charge in [-0.25, -0.2) is 9.37 Å². The zero-order valence-electron chi connectivity index (χ0n) is 33.7. The van der Waals surface area contributed by atoms with Gasteiger partial charge >= 0.3 is 5.63 Å². The largest absolute Gasteiger partial charge is 0.455 e. The maximum atomic E-state index is 14.3. The van der Waals surface area contributed by atoms with Gasteiger partial charge in [0.25, 0.3) is 5.91 Å². The first-order chi connectivity index (χ1) is 28.4. The lowest BCUT2D eigenvalue weighted by Crippen LogP contribution is -2.45. The number of ether oxygens (including phenoxy) is 1. The molecule has 296 valence electrons. The molecule has 0 unspecified atom stereocenters. The molecule has 5 aliphatic rings. The van der Waals surface area contributed by atoms with Gasteiger partial charge in [-0.1, -0.05) is 18.2 Å². The molecule has 9 nitrogen and oxygen atoms in total. The van der Waals surface area contributed by atoms with E-state index < -0.39 is 5.63 Å². The first-order valence-corrected chi connectivity index (χ1v) is 21.6. The summed E-state index contributed by atoms with van der Waals surface area (Å²) in [6.07, 6.45) is 9.02. The molecule has 10 rings (SSSR count). The third kappa shape index (κ3) is 6.12. The summed E-state index contributed by atoms with van der Waals surface area (Å²) < 4.78 is 15.4. The Morgan fingerprint density at radius 3 is 2.43 bits per heavy atom. The molecule has 5 aliphatic heterocycles. The molecule has 5 aromatic rings. The average Bonchev–Trinajstić information content (AvgIpc) is 3.25. The molecular formula is C49H51N4O5+. The highest BCUT2D eigenvalue weighted by Crippen LogP contribution is 2.48. The standard InChI is InChI=1S/C49H50N4O5/c1-3-51(4-2)33-20-19-30-26-38(49(56)57-42(30)29-33)41(54)18-7-21-50-48(55)35-15-6-5-14-34(35)43-39-27-31-12-8-22-52-24-10-16-36(44(31)52)46(39)58-47-37-17-11-25-53-23-9-13-32(45(37)53)28-40(43)47/h5-6,14-15,19-20,26-29H,3-4,7-13,16-18,21-25H2,1-2H3/p+1.